The summed E-state index contributed by atoms with van der Waals surface area (Å²) in [6, 6.07) is 0. The molecule has 1 aliphatic rings. The molecule has 4 nitrogen and oxygen atoms in total. The van der Waals surface area contributed by atoms with Crippen LogP contribution in [0.25, 0.3) is 0 Å². The molecule has 1 unspecified atom stereocenters. The van der Waals surface area contributed by atoms with Gasteiger partial charge in [0, 0.05) is 24.4 Å². The van der Waals surface area contributed by atoms with Gasteiger partial charge >= 0.3 is 0 Å². The molecule has 2 heterocycles. The van der Waals surface area contributed by atoms with Crippen LogP contribution in [0, 0.1) is 13.8 Å². The van der Waals surface area contributed by atoms with Crippen LogP contribution in [0.1, 0.15) is 28.4 Å². The summed E-state index contributed by atoms with van der Waals surface area (Å²) in [6.07, 6.45) is 2.48. The van der Waals surface area contributed by atoms with Crippen LogP contribution in [0.2, 0.25) is 0 Å². The number of carbonyl (C=O) groups excluding carboxylic acids is 1. The minimum atomic E-state index is -0.223. The Bertz CT molecular complexity index is 397. The molecule has 1 amide bonds. The molecule has 0 radical (unpaired) electrons. The van der Waals surface area contributed by atoms with Crippen molar-refractivity contribution in [2.75, 3.05) is 13.2 Å². The molecule has 1 saturated heterocycles. The molecular weight excluding hydrogens is 236 g/mol. The van der Waals surface area contributed by atoms with Gasteiger partial charge < -0.3 is 10.1 Å². The van der Waals surface area contributed by atoms with Crippen molar-refractivity contribution in [1.29, 1.82) is 0 Å². The van der Waals surface area contributed by atoms with E-state index in [9.17, 15) is 4.79 Å². The fourth-order valence-electron chi connectivity index (χ4n) is 2.00. The van der Waals surface area contributed by atoms with Gasteiger partial charge in [0.1, 0.15) is 6.10 Å². The topological polar surface area (TPSA) is 51.2 Å². The van der Waals surface area contributed by atoms with Crippen molar-refractivity contribution < 1.29 is 9.53 Å². The van der Waals surface area contributed by atoms with Crippen LogP contribution in [0.5, 0.6) is 0 Å². The number of carbonyl (C=O) groups is 1. The molecule has 0 saturated carbocycles. The highest BCUT2D eigenvalue weighted by Gasteiger charge is 2.22. The van der Waals surface area contributed by atoms with Crippen molar-refractivity contribution >= 4 is 17.2 Å². The maximum atomic E-state index is 11.7. The normalized spacial score (nSPS) is 19.5. The summed E-state index contributed by atoms with van der Waals surface area (Å²) in [6.45, 7) is 5.40. The molecule has 1 atom stereocenters. The van der Waals surface area contributed by atoms with E-state index in [2.05, 4.69) is 10.3 Å². The molecule has 0 bridgehead atoms. The first-order chi connectivity index (χ1) is 8.16. The lowest BCUT2D eigenvalue weighted by atomic mass is 10.2. The molecule has 0 aliphatic carbocycles. The Kier molecular flexibility index (Phi) is 4.12. The SMILES string of the molecule is Cc1nc(C)c(CCNC(=O)C2CCCO2)s1. The fourth-order valence-corrected chi connectivity index (χ4v) is 2.94. The highest BCUT2D eigenvalue weighted by Crippen LogP contribution is 2.17. The molecule has 2 rings (SSSR count). The largest absolute Gasteiger partial charge is 0.368 e. The first-order valence-corrected chi connectivity index (χ1v) is 6.80. The minimum Gasteiger partial charge on any atom is -0.368 e. The van der Waals surface area contributed by atoms with E-state index in [-0.39, 0.29) is 12.0 Å². The summed E-state index contributed by atoms with van der Waals surface area (Å²) in [4.78, 5) is 17.3. The second kappa shape index (κ2) is 5.60. The molecule has 1 N–H and O–H groups in total. The van der Waals surface area contributed by atoms with E-state index in [4.69, 9.17) is 4.74 Å². The Morgan fingerprint density at radius 1 is 1.59 bits per heavy atom. The third kappa shape index (κ3) is 3.26. The number of hydrogen-bond donors (Lipinski definition) is 1. The van der Waals surface area contributed by atoms with Gasteiger partial charge in [-0.25, -0.2) is 4.98 Å². The monoisotopic (exact) mass is 254 g/mol. The minimum absolute atomic E-state index is 0.0291. The van der Waals surface area contributed by atoms with E-state index < -0.39 is 0 Å². The number of aromatic nitrogens is 1. The van der Waals surface area contributed by atoms with Crippen molar-refractivity contribution in [3.05, 3.63) is 15.6 Å². The average Bonchev–Trinajstić information content (AvgIpc) is 2.89. The van der Waals surface area contributed by atoms with Crippen LogP contribution in [-0.2, 0) is 16.0 Å². The van der Waals surface area contributed by atoms with E-state index in [1.165, 1.54) is 4.88 Å². The lowest BCUT2D eigenvalue weighted by Crippen LogP contribution is -2.35. The summed E-state index contributed by atoms with van der Waals surface area (Å²) >= 11 is 1.70. The molecule has 1 aliphatic heterocycles. The Balaban J connectivity index is 1.75. The number of nitrogens with zero attached hydrogens (tertiary/aromatic N) is 1. The molecular formula is C12H18N2O2S. The van der Waals surface area contributed by atoms with Crippen molar-refractivity contribution in [2.45, 2.75) is 39.2 Å². The Morgan fingerprint density at radius 2 is 2.41 bits per heavy atom. The van der Waals surface area contributed by atoms with Crippen LogP contribution >= 0.6 is 11.3 Å². The van der Waals surface area contributed by atoms with E-state index >= 15 is 0 Å². The van der Waals surface area contributed by atoms with Gasteiger partial charge in [-0.05, 0) is 26.7 Å². The van der Waals surface area contributed by atoms with Gasteiger partial charge in [0.25, 0.3) is 0 Å². The fraction of sp³-hybridized carbons (Fsp3) is 0.667. The number of ether oxygens (including phenoxy) is 1. The smallest absolute Gasteiger partial charge is 0.249 e. The van der Waals surface area contributed by atoms with Gasteiger partial charge in [-0.3, -0.25) is 4.79 Å². The van der Waals surface area contributed by atoms with Crippen LogP contribution in [0.3, 0.4) is 0 Å². The summed E-state index contributed by atoms with van der Waals surface area (Å²) in [5.41, 5.74) is 1.08. The molecule has 94 valence electrons. The Labute approximate surface area is 105 Å². The number of hydrogen-bond acceptors (Lipinski definition) is 4. The molecule has 0 spiro atoms. The molecule has 1 aromatic heterocycles. The molecule has 1 aromatic rings. The van der Waals surface area contributed by atoms with E-state index in [0.717, 1.165) is 30.0 Å². The van der Waals surface area contributed by atoms with Crippen LogP contribution in [0.15, 0.2) is 0 Å². The average molecular weight is 254 g/mol. The highest BCUT2D eigenvalue weighted by molar-refractivity contribution is 7.11. The van der Waals surface area contributed by atoms with Gasteiger partial charge in [-0.15, -0.1) is 11.3 Å². The highest BCUT2D eigenvalue weighted by atomic mass is 32.1. The van der Waals surface area contributed by atoms with Crippen LogP contribution in [0.4, 0.5) is 0 Å². The van der Waals surface area contributed by atoms with Gasteiger partial charge in [-0.1, -0.05) is 0 Å². The Morgan fingerprint density at radius 3 is 3.00 bits per heavy atom. The lowest BCUT2D eigenvalue weighted by Gasteiger charge is -2.09. The van der Waals surface area contributed by atoms with Gasteiger partial charge in [0.05, 0.1) is 10.7 Å². The van der Waals surface area contributed by atoms with E-state index in [1.54, 1.807) is 11.3 Å². The predicted molar refractivity (Wildman–Crippen MR) is 67.3 cm³/mol. The van der Waals surface area contributed by atoms with Gasteiger partial charge in [-0.2, -0.15) is 0 Å². The number of rotatable bonds is 4. The van der Waals surface area contributed by atoms with Gasteiger partial charge in [0.15, 0.2) is 0 Å². The summed E-state index contributed by atoms with van der Waals surface area (Å²) < 4.78 is 5.32. The number of nitrogens with one attached hydrogen (secondary N) is 1. The van der Waals surface area contributed by atoms with Crippen molar-refractivity contribution in [3.63, 3.8) is 0 Å². The quantitative estimate of drug-likeness (QED) is 0.888. The van der Waals surface area contributed by atoms with Crippen molar-refractivity contribution in [2.24, 2.45) is 0 Å². The van der Waals surface area contributed by atoms with Crippen molar-refractivity contribution in [1.82, 2.24) is 10.3 Å². The summed E-state index contributed by atoms with van der Waals surface area (Å²) in [5.74, 6) is 0.0291. The van der Waals surface area contributed by atoms with E-state index in [1.807, 2.05) is 13.8 Å². The van der Waals surface area contributed by atoms with Crippen LogP contribution in [-0.4, -0.2) is 30.1 Å². The number of aryl methyl sites for hydroxylation is 2. The molecule has 5 heteroatoms. The zero-order valence-corrected chi connectivity index (χ0v) is 11.1. The van der Waals surface area contributed by atoms with Crippen LogP contribution < -0.4 is 5.32 Å². The molecule has 1 fully saturated rings. The summed E-state index contributed by atoms with van der Waals surface area (Å²) in [7, 11) is 0. The second-order valence-electron chi connectivity index (χ2n) is 4.28. The molecule has 17 heavy (non-hydrogen) atoms. The first kappa shape index (κ1) is 12.5. The second-order valence-corrected chi connectivity index (χ2v) is 5.57. The third-order valence-electron chi connectivity index (χ3n) is 2.87. The maximum absolute atomic E-state index is 11.7. The number of thiazole rings is 1. The predicted octanol–water partition coefficient (Wildman–Crippen LogP) is 1.60. The zero-order valence-electron chi connectivity index (χ0n) is 10.3. The Hall–Kier alpha value is -0.940. The van der Waals surface area contributed by atoms with Crippen molar-refractivity contribution in [3.8, 4) is 0 Å². The van der Waals surface area contributed by atoms with Gasteiger partial charge in [0.2, 0.25) is 5.91 Å². The molecule has 0 aromatic carbocycles. The lowest BCUT2D eigenvalue weighted by molar-refractivity contribution is -0.129. The zero-order chi connectivity index (χ0) is 12.3. The number of amides is 1. The first-order valence-electron chi connectivity index (χ1n) is 5.99. The van der Waals surface area contributed by atoms with E-state index in [0.29, 0.717) is 13.2 Å². The standard InChI is InChI=1S/C12H18N2O2S/c1-8-11(17-9(2)14-8)5-6-13-12(15)10-4-3-7-16-10/h10H,3-7H2,1-2H3,(H,13,15). The summed E-state index contributed by atoms with van der Waals surface area (Å²) in [5, 5.41) is 4.01. The third-order valence-corrected chi connectivity index (χ3v) is 4.01. The maximum Gasteiger partial charge on any atom is 0.249 e.